The number of piperidine rings is 1. The molecule has 142 valence electrons. The lowest BCUT2D eigenvalue weighted by Crippen LogP contribution is -2.44. The van der Waals surface area contributed by atoms with Crippen LogP contribution in [0.2, 0.25) is 0 Å². The minimum atomic E-state index is -0.230. The van der Waals surface area contributed by atoms with E-state index >= 15 is 0 Å². The predicted octanol–water partition coefficient (Wildman–Crippen LogP) is 1.73. The summed E-state index contributed by atoms with van der Waals surface area (Å²) in [6.45, 7) is 2.15. The average molecular weight is 388 g/mol. The Morgan fingerprint density at radius 2 is 2.11 bits per heavy atom. The topological polar surface area (TPSA) is 93.7 Å². The first kappa shape index (κ1) is 17.7. The first-order valence-corrected chi connectivity index (χ1v) is 9.80. The maximum Gasteiger partial charge on any atom is 0.231 e. The van der Waals surface area contributed by atoms with E-state index in [2.05, 4.69) is 15.5 Å². The molecule has 1 saturated heterocycles. The van der Waals surface area contributed by atoms with Gasteiger partial charge in [0, 0.05) is 13.1 Å². The minimum absolute atomic E-state index is 0.0140. The molecule has 0 aliphatic carbocycles. The molecule has 0 saturated carbocycles. The van der Waals surface area contributed by atoms with E-state index in [1.165, 1.54) is 11.3 Å². The summed E-state index contributed by atoms with van der Waals surface area (Å²) >= 11 is 1.28. The van der Waals surface area contributed by atoms with Crippen LogP contribution in [0.4, 0.5) is 5.13 Å². The van der Waals surface area contributed by atoms with Crippen LogP contribution < -0.4 is 14.8 Å². The smallest absolute Gasteiger partial charge is 0.231 e. The maximum absolute atomic E-state index is 12.7. The Balaban J connectivity index is 1.36. The first-order valence-electron chi connectivity index (χ1n) is 8.92. The van der Waals surface area contributed by atoms with E-state index in [4.69, 9.17) is 9.47 Å². The Kier molecular flexibility index (Phi) is 5.19. The Labute approximate surface area is 160 Å². The molecule has 0 radical (unpaired) electrons. The van der Waals surface area contributed by atoms with Crippen molar-refractivity contribution in [2.75, 3.05) is 31.6 Å². The van der Waals surface area contributed by atoms with Gasteiger partial charge >= 0.3 is 0 Å². The van der Waals surface area contributed by atoms with E-state index in [-0.39, 0.29) is 24.2 Å². The summed E-state index contributed by atoms with van der Waals surface area (Å²) in [6, 6.07) is 5.58. The third-order valence-electron chi connectivity index (χ3n) is 4.70. The second-order valence-corrected chi connectivity index (χ2v) is 7.40. The fourth-order valence-electron chi connectivity index (χ4n) is 3.34. The van der Waals surface area contributed by atoms with E-state index < -0.39 is 0 Å². The Morgan fingerprint density at radius 3 is 2.93 bits per heavy atom. The van der Waals surface area contributed by atoms with Gasteiger partial charge in [0.1, 0.15) is 18.7 Å². The summed E-state index contributed by atoms with van der Waals surface area (Å²) < 4.78 is 11.1. The lowest BCUT2D eigenvalue weighted by molar-refractivity contribution is -0.133. The summed E-state index contributed by atoms with van der Waals surface area (Å²) in [7, 11) is 0. The lowest BCUT2D eigenvalue weighted by Gasteiger charge is -2.32. The van der Waals surface area contributed by atoms with Crippen molar-refractivity contribution in [1.29, 1.82) is 0 Å². The van der Waals surface area contributed by atoms with Crippen molar-refractivity contribution in [3.63, 3.8) is 0 Å². The van der Waals surface area contributed by atoms with Crippen molar-refractivity contribution in [1.82, 2.24) is 15.1 Å². The Bertz CT molecular complexity index is 827. The molecule has 4 rings (SSSR count). The van der Waals surface area contributed by atoms with E-state index in [0.717, 1.165) is 18.4 Å². The SMILES string of the molecule is O=C(Nc1nncs1)[C@@H]1CCCN(C(=O)Cc2ccc3c(c2)OCCO3)C1. The van der Waals surface area contributed by atoms with Crippen LogP contribution in [0.1, 0.15) is 18.4 Å². The van der Waals surface area contributed by atoms with Crippen LogP contribution in [0.3, 0.4) is 0 Å². The van der Waals surface area contributed by atoms with E-state index in [1.807, 2.05) is 18.2 Å². The fourth-order valence-corrected chi connectivity index (χ4v) is 3.78. The van der Waals surface area contributed by atoms with Crippen molar-refractivity contribution >= 4 is 28.3 Å². The van der Waals surface area contributed by atoms with Crippen LogP contribution in [-0.4, -0.2) is 53.2 Å². The van der Waals surface area contributed by atoms with Gasteiger partial charge in [0.05, 0.1) is 12.3 Å². The number of fused-ring (bicyclic) bond motifs is 1. The molecule has 1 aromatic carbocycles. The highest BCUT2D eigenvalue weighted by atomic mass is 32.1. The van der Waals surface area contributed by atoms with Crippen molar-refractivity contribution in [3.05, 3.63) is 29.3 Å². The van der Waals surface area contributed by atoms with Gasteiger partial charge in [-0.3, -0.25) is 9.59 Å². The normalized spacial score (nSPS) is 18.8. The van der Waals surface area contributed by atoms with E-state index in [0.29, 0.717) is 42.9 Å². The summed E-state index contributed by atoms with van der Waals surface area (Å²) in [5.74, 6) is 1.07. The number of aromatic nitrogens is 2. The fraction of sp³-hybridized carbons (Fsp3) is 0.444. The van der Waals surface area contributed by atoms with Crippen molar-refractivity contribution in [2.24, 2.45) is 5.92 Å². The van der Waals surface area contributed by atoms with Gasteiger partial charge in [-0.1, -0.05) is 17.4 Å². The van der Waals surface area contributed by atoms with Gasteiger partial charge in [0.2, 0.25) is 16.9 Å². The number of nitrogens with one attached hydrogen (secondary N) is 1. The number of ether oxygens (including phenoxy) is 2. The van der Waals surface area contributed by atoms with Gasteiger partial charge in [0.15, 0.2) is 11.5 Å². The average Bonchev–Trinajstić information content (AvgIpc) is 3.21. The van der Waals surface area contributed by atoms with Crippen LogP contribution in [0.25, 0.3) is 0 Å². The highest BCUT2D eigenvalue weighted by Gasteiger charge is 2.29. The zero-order valence-corrected chi connectivity index (χ0v) is 15.5. The van der Waals surface area contributed by atoms with Crippen LogP contribution in [0, 0.1) is 5.92 Å². The van der Waals surface area contributed by atoms with Gasteiger partial charge in [-0.2, -0.15) is 0 Å². The standard InChI is InChI=1S/C18H20N4O4S/c23-16(9-12-3-4-14-15(8-12)26-7-6-25-14)22-5-1-2-13(10-22)17(24)20-18-21-19-11-27-18/h3-4,8,11,13H,1-2,5-7,9-10H2,(H,20,21,24)/t13-/m1/s1. The Hall–Kier alpha value is -2.68. The second-order valence-electron chi connectivity index (χ2n) is 6.57. The Morgan fingerprint density at radius 1 is 1.26 bits per heavy atom. The molecule has 8 nitrogen and oxygen atoms in total. The summed E-state index contributed by atoms with van der Waals surface area (Å²) in [5, 5.41) is 10.8. The number of anilines is 1. The number of carbonyl (C=O) groups is 2. The molecular weight excluding hydrogens is 368 g/mol. The lowest BCUT2D eigenvalue weighted by atomic mass is 9.96. The van der Waals surface area contributed by atoms with Crippen LogP contribution in [0.15, 0.2) is 23.7 Å². The number of carbonyl (C=O) groups excluding carboxylic acids is 2. The third-order valence-corrected chi connectivity index (χ3v) is 5.30. The zero-order valence-electron chi connectivity index (χ0n) is 14.7. The molecule has 1 aromatic heterocycles. The molecule has 0 spiro atoms. The molecule has 27 heavy (non-hydrogen) atoms. The highest BCUT2D eigenvalue weighted by molar-refractivity contribution is 7.13. The molecule has 2 aliphatic rings. The van der Waals surface area contributed by atoms with Crippen LogP contribution in [-0.2, 0) is 16.0 Å². The number of benzene rings is 1. The number of hydrogen-bond acceptors (Lipinski definition) is 7. The molecular formula is C18H20N4O4S. The van der Waals surface area contributed by atoms with Crippen molar-refractivity contribution in [3.8, 4) is 11.5 Å². The predicted molar refractivity (Wildman–Crippen MR) is 99.0 cm³/mol. The third kappa shape index (κ3) is 4.19. The molecule has 1 fully saturated rings. The van der Waals surface area contributed by atoms with Gasteiger partial charge < -0.3 is 19.7 Å². The van der Waals surface area contributed by atoms with Gasteiger partial charge in [0.25, 0.3) is 0 Å². The van der Waals surface area contributed by atoms with Crippen molar-refractivity contribution in [2.45, 2.75) is 19.3 Å². The van der Waals surface area contributed by atoms with E-state index in [9.17, 15) is 9.59 Å². The monoisotopic (exact) mass is 388 g/mol. The van der Waals surface area contributed by atoms with Gasteiger partial charge in [-0.05, 0) is 30.5 Å². The first-order chi connectivity index (χ1) is 13.2. The number of nitrogens with zero attached hydrogens (tertiary/aromatic N) is 3. The van der Waals surface area contributed by atoms with Crippen LogP contribution >= 0.6 is 11.3 Å². The number of likely N-dealkylation sites (tertiary alicyclic amines) is 1. The molecule has 2 aliphatic heterocycles. The minimum Gasteiger partial charge on any atom is -0.486 e. The van der Waals surface area contributed by atoms with Gasteiger partial charge in [-0.15, -0.1) is 10.2 Å². The molecule has 2 amide bonds. The maximum atomic E-state index is 12.7. The van der Waals surface area contributed by atoms with E-state index in [1.54, 1.807) is 10.4 Å². The molecule has 9 heteroatoms. The summed E-state index contributed by atoms with van der Waals surface area (Å²) in [6.07, 6.45) is 1.85. The number of amides is 2. The van der Waals surface area contributed by atoms with Crippen LogP contribution in [0.5, 0.6) is 11.5 Å². The number of rotatable bonds is 4. The second kappa shape index (κ2) is 7.91. The quantitative estimate of drug-likeness (QED) is 0.857. The molecule has 3 heterocycles. The van der Waals surface area contributed by atoms with Gasteiger partial charge in [-0.25, -0.2) is 0 Å². The molecule has 0 bridgehead atoms. The summed E-state index contributed by atoms with van der Waals surface area (Å²) in [5.41, 5.74) is 2.45. The zero-order chi connectivity index (χ0) is 18.6. The molecule has 1 N–H and O–H groups in total. The summed E-state index contributed by atoms with van der Waals surface area (Å²) in [4.78, 5) is 26.9. The largest absolute Gasteiger partial charge is 0.486 e. The molecule has 2 aromatic rings. The highest BCUT2D eigenvalue weighted by Crippen LogP contribution is 2.31. The molecule has 0 unspecified atom stereocenters. The number of hydrogen-bond donors (Lipinski definition) is 1. The molecule has 1 atom stereocenters. The van der Waals surface area contributed by atoms with Crippen molar-refractivity contribution < 1.29 is 19.1 Å².